The fourth-order valence-electron chi connectivity index (χ4n) is 0.227. The Hall–Kier alpha value is -1.26. The minimum atomic E-state index is -0.795. The van der Waals surface area contributed by atoms with Crippen LogP contribution < -0.4 is 11.5 Å². The highest BCUT2D eigenvalue weighted by atomic mass is 19.1. The quantitative estimate of drug-likeness (QED) is 0.308. The smallest absolute Gasteiger partial charge is 0.200 e. The third kappa shape index (κ3) is 2.53. The highest BCUT2D eigenvalue weighted by Crippen LogP contribution is 1.91. The SMILES string of the molecule is CON=C(N)C(F)=CN. The maximum atomic E-state index is 12.1. The lowest BCUT2D eigenvalue weighted by Gasteiger charge is -1.91. The summed E-state index contributed by atoms with van der Waals surface area (Å²) in [6, 6.07) is 0. The van der Waals surface area contributed by atoms with Gasteiger partial charge in [0.05, 0.1) is 0 Å². The Balaban J connectivity index is 4.03. The van der Waals surface area contributed by atoms with E-state index in [9.17, 15) is 4.39 Å². The van der Waals surface area contributed by atoms with Crippen LogP contribution >= 0.6 is 0 Å². The molecule has 0 aromatic carbocycles. The van der Waals surface area contributed by atoms with Crippen LogP contribution in [0.4, 0.5) is 4.39 Å². The molecule has 0 fully saturated rings. The second-order valence-corrected chi connectivity index (χ2v) is 1.17. The van der Waals surface area contributed by atoms with Crippen LogP contribution in [0.5, 0.6) is 0 Å². The summed E-state index contributed by atoms with van der Waals surface area (Å²) in [7, 11) is 1.26. The molecule has 0 unspecified atom stereocenters. The monoisotopic (exact) mass is 133 g/mol. The van der Waals surface area contributed by atoms with Crippen LogP contribution in [-0.2, 0) is 4.84 Å². The van der Waals surface area contributed by atoms with Crippen LogP contribution in [0.3, 0.4) is 0 Å². The van der Waals surface area contributed by atoms with Gasteiger partial charge in [0.1, 0.15) is 7.11 Å². The largest absolute Gasteiger partial charge is 0.402 e. The zero-order valence-corrected chi connectivity index (χ0v) is 4.97. The van der Waals surface area contributed by atoms with Gasteiger partial charge in [0, 0.05) is 6.20 Å². The highest BCUT2D eigenvalue weighted by molar-refractivity contribution is 5.94. The van der Waals surface area contributed by atoms with Crippen molar-refractivity contribution in [2.24, 2.45) is 16.6 Å². The van der Waals surface area contributed by atoms with Gasteiger partial charge in [-0.15, -0.1) is 0 Å². The van der Waals surface area contributed by atoms with Crippen molar-refractivity contribution in [3.63, 3.8) is 0 Å². The molecule has 5 heteroatoms. The first-order valence-electron chi connectivity index (χ1n) is 2.16. The van der Waals surface area contributed by atoms with Crippen molar-refractivity contribution in [3.8, 4) is 0 Å². The van der Waals surface area contributed by atoms with Gasteiger partial charge in [-0.25, -0.2) is 4.39 Å². The molecule has 0 saturated heterocycles. The molecule has 0 aliphatic carbocycles. The molecule has 4 nitrogen and oxygen atoms in total. The predicted molar refractivity (Wildman–Crippen MR) is 32.0 cm³/mol. The Kier molecular flexibility index (Phi) is 3.19. The Morgan fingerprint density at radius 1 is 1.78 bits per heavy atom. The van der Waals surface area contributed by atoms with Crippen molar-refractivity contribution < 1.29 is 9.23 Å². The van der Waals surface area contributed by atoms with E-state index in [1.54, 1.807) is 0 Å². The molecule has 0 radical (unpaired) electrons. The fourth-order valence-corrected chi connectivity index (χ4v) is 0.227. The molecule has 0 atom stereocenters. The van der Waals surface area contributed by atoms with Gasteiger partial charge in [-0.3, -0.25) is 0 Å². The van der Waals surface area contributed by atoms with Gasteiger partial charge in [0.2, 0.25) is 5.84 Å². The summed E-state index contributed by atoms with van der Waals surface area (Å²) in [6.45, 7) is 0. The molecule has 4 N–H and O–H groups in total. The van der Waals surface area contributed by atoms with E-state index in [1.165, 1.54) is 7.11 Å². The van der Waals surface area contributed by atoms with Crippen LogP contribution in [0.25, 0.3) is 0 Å². The van der Waals surface area contributed by atoms with Crippen molar-refractivity contribution >= 4 is 5.84 Å². The summed E-state index contributed by atoms with van der Waals surface area (Å²) >= 11 is 0. The van der Waals surface area contributed by atoms with E-state index in [0.29, 0.717) is 6.20 Å². The number of nitrogens with zero attached hydrogens (tertiary/aromatic N) is 1. The van der Waals surface area contributed by atoms with Crippen molar-refractivity contribution in [2.75, 3.05) is 7.11 Å². The highest BCUT2D eigenvalue weighted by Gasteiger charge is 1.97. The van der Waals surface area contributed by atoms with E-state index in [2.05, 4.69) is 9.99 Å². The van der Waals surface area contributed by atoms with Crippen LogP contribution in [-0.4, -0.2) is 12.9 Å². The number of rotatable bonds is 2. The summed E-state index contributed by atoms with van der Waals surface area (Å²) in [5.41, 5.74) is 9.69. The van der Waals surface area contributed by atoms with E-state index >= 15 is 0 Å². The van der Waals surface area contributed by atoms with Gasteiger partial charge >= 0.3 is 0 Å². The number of nitrogens with two attached hydrogens (primary N) is 2. The van der Waals surface area contributed by atoms with Crippen LogP contribution in [0, 0.1) is 0 Å². The standard InChI is InChI=1S/C4H8FN3O/c1-9-8-4(7)3(5)2-6/h2H,6H2,1H3,(H2,7,8). The van der Waals surface area contributed by atoms with Gasteiger partial charge in [-0.2, -0.15) is 0 Å². The second kappa shape index (κ2) is 3.71. The van der Waals surface area contributed by atoms with E-state index in [0.717, 1.165) is 0 Å². The van der Waals surface area contributed by atoms with Crippen molar-refractivity contribution in [3.05, 3.63) is 12.0 Å². The van der Waals surface area contributed by atoms with E-state index in [1.807, 2.05) is 0 Å². The lowest BCUT2D eigenvalue weighted by molar-refractivity contribution is 0.212. The number of hydrogen-bond donors (Lipinski definition) is 2. The molecular weight excluding hydrogens is 125 g/mol. The Labute approximate surface area is 52.0 Å². The van der Waals surface area contributed by atoms with Crippen LogP contribution in [0.1, 0.15) is 0 Å². The normalized spacial score (nSPS) is 13.6. The molecule has 0 aliphatic rings. The van der Waals surface area contributed by atoms with Crippen LogP contribution in [0.2, 0.25) is 0 Å². The van der Waals surface area contributed by atoms with Crippen molar-refractivity contribution in [1.82, 2.24) is 0 Å². The summed E-state index contributed by atoms with van der Waals surface area (Å²) in [6.07, 6.45) is 0.706. The lowest BCUT2D eigenvalue weighted by Crippen LogP contribution is -2.13. The van der Waals surface area contributed by atoms with Crippen molar-refractivity contribution in [1.29, 1.82) is 0 Å². The van der Waals surface area contributed by atoms with E-state index in [4.69, 9.17) is 11.5 Å². The van der Waals surface area contributed by atoms with Crippen molar-refractivity contribution in [2.45, 2.75) is 0 Å². The summed E-state index contributed by atoms with van der Waals surface area (Å²) in [5, 5.41) is 3.07. The minimum absolute atomic E-state index is 0.361. The molecule has 0 amide bonds. The average molecular weight is 133 g/mol. The van der Waals surface area contributed by atoms with Gasteiger partial charge in [-0.05, 0) is 0 Å². The number of oxime groups is 1. The molecule has 0 spiro atoms. The molecule has 0 aromatic heterocycles. The molecule has 0 rings (SSSR count). The van der Waals surface area contributed by atoms with Crippen LogP contribution in [0.15, 0.2) is 17.2 Å². The topological polar surface area (TPSA) is 73.6 Å². The molecule has 0 heterocycles. The predicted octanol–water partition coefficient (Wildman–Crippen LogP) is -0.325. The Morgan fingerprint density at radius 3 is 2.67 bits per heavy atom. The maximum absolute atomic E-state index is 12.1. The summed E-state index contributed by atoms with van der Waals surface area (Å²) in [5.74, 6) is -1.16. The lowest BCUT2D eigenvalue weighted by atomic mass is 10.5. The molecule has 9 heavy (non-hydrogen) atoms. The molecule has 0 saturated carbocycles. The molecule has 0 aromatic rings. The average Bonchev–Trinajstić information content (AvgIpc) is 1.87. The number of halogens is 1. The molecule has 0 bridgehead atoms. The third-order valence-electron chi connectivity index (χ3n) is 0.581. The second-order valence-electron chi connectivity index (χ2n) is 1.17. The maximum Gasteiger partial charge on any atom is 0.200 e. The Morgan fingerprint density at radius 2 is 2.33 bits per heavy atom. The van der Waals surface area contributed by atoms with Gasteiger partial charge in [0.25, 0.3) is 0 Å². The zero-order valence-electron chi connectivity index (χ0n) is 4.97. The minimum Gasteiger partial charge on any atom is -0.402 e. The first-order valence-corrected chi connectivity index (χ1v) is 2.16. The molecule has 52 valence electrons. The zero-order chi connectivity index (χ0) is 7.28. The van der Waals surface area contributed by atoms with Gasteiger partial charge < -0.3 is 16.3 Å². The van der Waals surface area contributed by atoms with Gasteiger partial charge in [-0.1, -0.05) is 5.16 Å². The molecule has 0 aliphatic heterocycles. The third-order valence-corrected chi connectivity index (χ3v) is 0.581. The van der Waals surface area contributed by atoms with Gasteiger partial charge in [0.15, 0.2) is 5.83 Å². The number of amidine groups is 1. The van der Waals surface area contributed by atoms with E-state index in [-0.39, 0.29) is 5.84 Å². The summed E-state index contributed by atoms with van der Waals surface area (Å²) < 4.78 is 12.1. The molecular formula is C4H8FN3O. The first kappa shape index (κ1) is 7.74. The fraction of sp³-hybridized carbons (Fsp3) is 0.250. The first-order chi connectivity index (χ1) is 4.22. The summed E-state index contributed by atoms with van der Waals surface area (Å²) in [4.78, 5) is 4.15. The Bertz CT molecular complexity index is 143. The number of hydrogen-bond acceptors (Lipinski definition) is 3. The van der Waals surface area contributed by atoms with E-state index < -0.39 is 5.83 Å².